The van der Waals surface area contributed by atoms with Gasteiger partial charge in [0.15, 0.2) is 11.5 Å². The highest BCUT2D eigenvalue weighted by Gasteiger charge is 2.23. The fourth-order valence-corrected chi connectivity index (χ4v) is 3.04. The zero-order valence-electron chi connectivity index (χ0n) is 20.2. The van der Waals surface area contributed by atoms with Crippen LogP contribution >= 0.6 is 0 Å². The van der Waals surface area contributed by atoms with Crippen LogP contribution in [0.1, 0.15) is 65.9 Å². The number of carbonyl (C=O) groups is 2. The Morgan fingerprint density at radius 3 is 2.38 bits per heavy atom. The number of ether oxygens (including phenoxy) is 1. The predicted octanol–water partition coefficient (Wildman–Crippen LogP) is 3.83. The molecule has 0 spiro atoms. The summed E-state index contributed by atoms with van der Waals surface area (Å²) in [6, 6.07) is 4.59. The van der Waals surface area contributed by atoms with Crippen LogP contribution in [-0.4, -0.2) is 47.3 Å². The summed E-state index contributed by atoms with van der Waals surface area (Å²) in [6.07, 6.45) is 3.25. The van der Waals surface area contributed by atoms with Crippen LogP contribution in [-0.2, 0) is 20.7 Å². The molecule has 0 aromatic heterocycles. The molecule has 0 heterocycles. The van der Waals surface area contributed by atoms with E-state index in [0.717, 1.165) is 24.8 Å². The van der Waals surface area contributed by atoms with Gasteiger partial charge in [0.05, 0.1) is 5.60 Å². The average molecular weight is 449 g/mol. The number of hydrogen-bond donors (Lipinski definition) is 4. The van der Waals surface area contributed by atoms with E-state index in [1.807, 2.05) is 13.8 Å². The van der Waals surface area contributed by atoms with Crippen molar-refractivity contribution in [1.82, 2.24) is 10.6 Å². The highest BCUT2D eigenvalue weighted by Crippen LogP contribution is 2.26. The van der Waals surface area contributed by atoms with Crippen LogP contribution in [0.5, 0.6) is 11.5 Å². The summed E-state index contributed by atoms with van der Waals surface area (Å²) in [4.78, 5) is 23.7. The molecule has 0 saturated carbocycles. The third-order valence-corrected chi connectivity index (χ3v) is 5.35. The number of rotatable bonds is 14. The second kappa shape index (κ2) is 12.5. The Kier molecular flexibility index (Phi) is 10.7. The summed E-state index contributed by atoms with van der Waals surface area (Å²) in [7, 11) is 0. The normalized spacial score (nSPS) is 11.8. The Morgan fingerprint density at radius 2 is 1.75 bits per heavy atom. The molecule has 0 aliphatic carbocycles. The Balaban J connectivity index is 2.27. The molecule has 0 saturated heterocycles. The number of carbonyl (C=O) groups excluding carboxylic acids is 2. The minimum absolute atomic E-state index is 0.0521. The maximum absolute atomic E-state index is 12.2. The van der Waals surface area contributed by atoms with E-state index < -0.39 is 0 Å². The first-order chi connectivity index (χ1) is 14.8. The van der Waals surface area contributed by atoms with E-state index in [0.29, 0.717) is 38.1 Å². The van der Waals surface area contributed by atoms with E-state index in [1.54, 1.807) is 13.0 Å². The molecule has 1 aromatic carbocycles. The molecule has 32 heavy (non-hydrogen) atoms. The third kappa shape index (κ3) is 11.2. The molecule has 0 aliphatic heterocycles. The van der Waals surface area contributed by atoms with Crippen LogP contribution < -0.4 is 10.6 Å². The SMILES string of the molecule is C=C(C)C(=O)NCCCC(C)(C)OCCC(C)(C)CNC(=O)CCc1ccc(O)c(O)c1. The molecule has 7 heteroatoms. The van der Waals surface area contributed by atoms with Gasteiger partial charge in [-0.25, -0.2) is 0 Å². The lowest BCUT2D eigenvalue weighted by molar-refractivity contribution is -0.121. The van der Waals surface area contributed by atoms with E-state index in [-0.39, 0.29) is 34.3 Å². The van der Waals surface area contributed by atoms with Crippen molar-refractivity contribution in [2.45, 2.75) is 72.3 Å². The third-order valence-electron chi connectivity index (χ3n) is 5.35. The number of hydrogen-bond acceptors (Lipinski definition) is 5. The van der Waals surface area contributed by atoms with Gasteiger partial charge in [0.25, 0.3) is 0 Å². The minimum atomic E-state index is -0.289. The second-order valence-electron chi connectivity index (χ2n) is 9.76. The van der Waals surface area contributed by atoms with Gasteiger partial charge < -0.3 is 25.6 Å². The molecule has 0 radical (unpaired) electrons. The lowest BCUT2D eigenvalue weighted by Crippen LogP contribution is -2.36. The lowest BCUT2D eigenvalue weighted by Gasteiger charge is -2.30. The molecule has 1 rings (SSSR count). The molecule has 180 valence electrons. The minimum Gasteiger partial charge on any atom is -0.504 e. The predicted molar refractivity (Wildman–Crippen MR) is 127 cm³/mol. The fraction of sp³-hybridized carbons (Fsp3) is 0.600. The van der Waals surface area contributed by atoms with Gasteiger partial charge in [-0.15, -0.1) is 0 Å². The molecule has 0 aliphatic rings. The van der Waals surface area contributed by atoms with Crippen LogP contribution in [0.15, 0.2) is 30.4 Å². The first kappa shape index (κ1) is 27.5. The Hall–Kier alpha value is -2.54. The maximum atomic E-state index is 12.2. The molecule has 4 N–H and O–H groups in total. The zero-order chi connectivity index (χ0) is 24.4. The van der Waals surface area contributed by atoms with Gasteiger partial charge in [-0.3, -0.25) is 9.59 Å². The standard InChI is InChI=1S/C25H40N2O5/c1-18(2)23(31)26-14-7-12-25(5,6)32-15-13-24(3,4)17-27-22(30)11-9-19-8-10-20(28)21(29)16-19/h8,10,16,28-29H,1,7,9,11-15,17H2,2-6H3,(H,26,31)(H,27,30). The van der Waals surface area contributed by atoms with Crippen LogP contribution in [0, 0.1) is 5.41 Å². The quantitative estimate of drug-likeness (QED) is 0.197. The monoisotopic (exact) mass is 448 g/mol. The van der Waals surface area contributed by atoms with Gasteiger partial charge in [0, 0.05) is 31.7 Å². The maximum Gasteiger partial charge on any atom is 0.246 e. The van der Waals surface area contributed by atoms with Gasteiger partial charge in [-0.2, -0.15) is 0 Å². The number of aromatic hydroxyl groups is 2. The van der Waals surface area contributed by atoms with Crippen LogP contribution in [0.4, 0.5) is 0 Å². The Bertz CT molecular complexity index is 787. The smallest absolute Gasteiger partial charge is 0.246 e. The summed E-state index contributed by atoms with van der Waals surface area (Å²) in [5.74, 6) is -0.513. The van der Waals surface area contributed by atoms with Crippen molar-refractivity contribution in [2.24, 2.45) is 5.41 Å². The first-order valence-corrected chi connectivity index (χ1v) is 11.2. The molecule has 7 nitrogen and oxygen atoms in total. The second-order valence-corrected chi connectivity index (χ2v) is 9.76. The van der Waals surface area contributed by atoms with Crippen molar-refractivity contribution in [3.8, 4) is 11.5 Å². The van der Waals surface area contributed by atoms with Gasteiger partial charge in [0.1, 0.15) is 0 Å². The van der Waals surface area contributed by atoms with E-state index in [4.69, 9.17) is 4.74 Å². The van der Waals surface area contributed by atoms with E-state index >= 15 is 0 Å². The first-order valence-electron chi connectivity index (χ1n) is 11.2. The number of amides is 2. The van der Waals surface area contributed by atoms with E-state index in [1.165, 1.54) is 12.1 Å². The molecule has 0 fully saturated rings. The highest BCUT2D eigenvalue weighted by molar-refractivity contribution is 5.92. The zero-order valence-corrected chi connectivity index (χ0v) is 20.2. The molecule has 1 aromatic rings. The van der Waals surface area contributed by atoms with Gasteiger partial charge in [-0.1, -0.05) is 26.5 Å². The van der Waals surface area contributed by atoms with Gasteiger partial charge in [-0.05, 0) is 69.6 Å². The van der Waals surface area contributed by atoms with Crippen molar-refractivity contribution < 1.29 is 24.5 Å². The average Bonchev–Trinajstić information content (AvgIpc) is 2.70. The Morgan fingerprint density at radius 1 is 1.06 bits per heavy atom. The number of phenols is 2. The van der Waals surface area contributed by atoms with Crippen molar-refractivity contribution >= 4 is 11.8 Å². The molecule has 0 atom stereocenters. The van der Waals surface area contributed by atoms with Crippen LogP contribution in [0.3, 0.4) is 0 Å². The summed E-state index contributed by atoms with van der Waals surface area (Å²) >= 11 is 0. The molecule has 0 bridgehead atoms. The van der Waals surface area contributed by atoms with Gasteiger partial charge >= 0.3 is 0 Å². The largest absolute Gasteiger partial charge is 0.504 e. The van der Waals surface area contributed by atoms with Crippen molar-refractivity contribution in [1.29, 1.82) is 0 Å². The number of nitrogens with one attached hydrogen (secondary N) is 2. The van der Waals surface area contributed by atoms with Crippen molar-refractivity contribution in [3.63, 3.8) is 0 Å². The van der Waals surface area contributed by atoms with E-state index in [9.17, 15) is 19.8 Å². The summed E-state index contributed by atoms with van der Waals surface area (Å²) in [5.41, 5.74) is 0.903. The number of aryl methyl sites for hydroxylation is 1. The topological polar surface area (TPSA) is 108 Å². The van der Waals surface area contributed by atoms with Crippen molar-refractivity contribution in [2.75, 3.05) is 19.7 Å². The molecule has 2 amide bonds. The molecular formula is C25H40N2O5. The fourth-order valence-electron chi connectivity index (χ4n) is 3.04. The summed E-state index contributed by atoms with van der Waals surface area (Å²) in [6.45, 7) is 15.3. The highest BCUT2D eigenvalue weighted by atomic mass is 16.5. The number of benzene rings is 1. The summed E-state index contributed by atoms with van der Waals surface area (Å²) in [5, 5.41) is 24.7. The van der Waals surface area contributed by atoms with Crippen molar-refractivity contribution in [3.05, 3.63) is 35.9 Å². The summed E-state index contributed by atoms with van der Waals surface area (Å²) < 4.78 is 6.07. The van der Waals surface area contributed by atoms with Crippen LogP contribution in [0.25, 0.3) is 0 Å². The lowest BCUT2D eigenvalue weighted by atomic mass is 9.89. The molecular weight excluding hydrogens is 408 g/mol. The number of phenolic OH excluding ortho intramolecular Hbond substituents is 2. The van der Waals surface area contributed by atoms with Gasteiger partial charge in [0.2, 0.25) is 11.8 Å². The van der Waals surface area contributed by atoms with Crippen LogP contribution in [0.2, 0.25) is 0 Å². The molecule has 0 unspecified atom stereocenters. The Labute approximate surface area is 192 Å². The van der Waals surface area contributed by atoms with E-state index in [2.05, 4.69) is 31.1 Å².